The van der Waals surface area contributed by atoms with Crippen LogP contribution in [0.2, 0.25) is 0 Å². The minimum absolute atomic E-state index is 0.129. The highest BCUT2D eigenvalue weighted by Gasteiger charge is 2.21. The molecule has 4 rings (SSSR count). The molecule has 0 saturated heterocycles. The first-order valence-electron chi connectivity index (χ1n) is 10.0. The molecule has 3 aromatic carbocycles. The van der Waals surface area contributed by atoms with Crippen molar-refractivity contribution in [1.82, 2.24) is 9.55 Å². The third-order valence-electron chi connectivity index (χ3n) is 5.38. The average molecular weight is 435 g/mol. The summed E-state index contributed by atoms with van der Waals surface area (Å²) in [4.78, 5) is 16.9. The lowest BCUT2D eigenvalue weighted by atomic mass is 10.0. The molecule has 0 bridgehead atoms. The van der Waals surface area contributed by atoms with Gasteiger partial charge in [-0.15, -0.1) is 0 Å². The molecule has 4 aromatic rings. The molecule has 0 saturated carbocycles. The number of methoxy groups -OCH3 is 4. The van der Waals surface area contributed by atoms with E-state index in [1.807, 2.05) is 42.5 Å². The average Bonchev–Trinajstić information content (AvgIpc) is 3.19. The summed E-state index contributed by atoms with van der Waals surface area (Å²) in [5.74, 6) is 2.85. The summed E-state index contributed by atoms with van der Waals surface area (Å²) < 4.78 is 24.2. The van der Waals surface area contributed by atoms with Crippen molar-refractivity contribution in [3.05, 3.63) is 48.0 Å². The monoisotopic (exact) mass is 435 g/mol. The van der Waals surface area contributed by atoms with Crippen LogP contribution < -0.4 is 24.3 Å². The summed E-state index contributed by atoms with van der Waals surface area (Å²) in [6.07, 6.45) is 0. The lowest BCUT2D eigenvalue weighted by molar-refractivity contribution is 0.0943. The SMILES string of the molecule is COc1ccc(OC)c2c(OC)c(CNc3nc4ccccc4n3C(C)=O)cc(OC)c12. The standard InChI is InChI=1S/C24H25N3O5/c1-14(28)27-17-9-7-6-8-16(17)26-24(27)25-13-15-12-20(31-4)21-18(29-2)10-11-19(30-3)22(21)23(15)32-5/h6-12H,13H2,1-5H3,(H,25,26). The van der Waals surface area contributed by atoms with E-state index in [1.165, 1.54) is 6.92 Å². The summed E-state index contributed by atoms with van der Waals surface area (Å²) >= 11 is 0. The number of benzene rings is 3. The van der Waals surface area contributed by atoms with Gasteiger partial charge in [-0.05, 0) is 30.3 Å². The van der Waals surface area contributed by atoms with Gasteiger partial charge in [-0.2, -0.15) is 0 Å². The van der Waals surface area contributed by atoms with Crippen LogP contribution in [-0.4, -0.2) is 43.9 Å². The van der Waals surface area contributed by atoms with Gasteiger partial charge in [0.25, 0.3) is 0 Å². The molecule has 1 N–H and O–H groups in total. The van der Waals surface area contributed by atoms with Crippen molar-refractivity contribution < 1.29 is 23.7 Å². The van der Waals surface area contributed by atoms with Crippen LogP contribution in [0.25, 0.3) is 21.8 Å². The zero-order chi connectivity index (χ0) is 22.8. The number of carbonyl (C=O) groups is 1. The van der Waals surface area contributed by atoms with E-state index < -0.39 is 0 Å². The van der Waals surface area contributed by atoms with Crippen LogP contribution in [0.1, 0.15) is 17.3 Å². The fraction of sp³-hybridized carbons (Fsp3) is 0.250. The van der Waals surface area contributed by atoms with E-state index in [0.29, 0.717) is 35.5 Å². The first-order valence-corrected chi connectivity index (χ1v) is 10.0. The van der Waals surface area contributed by atoms with E-state index >= 15 is 0 Å². The third kappa shape index (κ3) is 3.43. The van der Waals surface area contributed by atoms with E-state index in [2.05, 4.69) is 10.3 Å². The normalized spacial score (nSPS) is 10.9. The number of ether oxygens (including phenoxy) is 4. The largest absolute Gasteiger partial charge is 0.496 e. The van der Waals surface area contributed by atoms with Crippen molar-refractivity contribution in [2.45, 2.75) is 13.5 Å². The maximum atomic E-state index is 12.3. The van der Waals surface area contributed by atoms with Gasteiger partial charge >= 0.3 is 0 Å². The predicted molar refractivity (Wildman–Crippen MR) is 124 cm³/mol. The van der Waals surface area contributed by atoms with Crippen LogP contribution in [0.4, 0.5) is 5.95 Å². The molecule has 0 fully saturated rings. The number of fused-ring (bicyclic) bond motifs is 2. The number of carbonyl (C=O) groups excluding carboxylic acids is 1. The van der Waals surface area contributed by atoms with Gasteiger partial charge in [0.15, 0.2) is 0 Å². The molecule has 0 atom stereocenters. The van der Waals surface area contributed by atoms with Crippen LogP contribution in [-0.2, 0) is 6.54 Å². The number of rotatable bonds is 7. The van der Waals surface area contributed by atoms with Gasteiger partial charge < -0.3 is 24.3 Å². The summed E-state index contributed by atoms with van der Waals surface area (Å²) in [6, 6.07) is 13.1. The Balaban J connectivity index is 1.85. The molecule has 0 spiro atoms. The van der Waals surface area contributed by atoms with E-state index in [1.54, 1.807) is 33.0 Å². The Kier molecular flexibility index (Phi) is 5.77. The van der Waals surface area contributed by atoms with E-state index in [4.69, 9.17) is 18.9 Å². The van der Waals surface area contributed by atoms with Gasteiger partial charge in [-0.1, -0.05) is 12.1 Å². The molecular formula is C24H25N3O5. The Morgan fingerprint density at radius 1 is 0.906 bits per heavy atom. The van der Waals surface area contributed by atoms with Crippen molar-refractivity contribution in [1.29, 1.82) is 0 Å². The van der Waals surface area contributed by atoms with Crippen molar-refractivity contribution in [2.24, 2.45) is 0 Å². The molecule has 32 heavy (non-hydrogen) atoms. The van der Waals surface area contributed by atoms with Gasteiger partial charge in [-0.25, -0.2) is 9.55 Å². The number of para-hydroxylation sites is 2. The smallest absolute Gasteiger partial charge is 0.230 e. The molecule has 8 nitrogen and oxygen atoms in total. The minimum atomic E-state index is -0.129. The summed E-state index contributed by atoms with van der Waals surface area (Å²) in [5, 5.41) is 4.78. The second kappa shape index (κ2) is 8.66. The first-order chi connectivity index (χ1) is 15.5. The second-order valence-electron chi connectivity index (χ2n) is 7.12. The third-order valence-corrected chi connectivity index (χ3v) is 5.38. The topological polar surface area (TPSA) is 83.8 Å². The minimum Gasteiger partial charge on any atom is -0.496 e. The maximum absolute atomic E-state index is 12.3. The van der Waals surface area contributed by atoms with Crippen LogP contribution in [0.15, 0.2) is 42.5 Å². The Morgan fingerprint density at radius 2 is 1.56 bits per heavy atom. The quantitative estimate of drug-likeness (QED) is 0.458. The van der Waals surface area contributed by atoms with Crippen molar-refractivity contribution in [2.75, 3.05) is 33.8 Å². The number of imidazole rings is 1. The molecule has 166 valence electrons. The molecule has 0 radical (unpaired) electrons. The Hall–Kier alpha value is -3.94. The fourth-order valence-corrected chi connectivity index (χ4v) is 3.99. The Morgan fingerprint density at radius 3 is 2.19 bits per heavy atom. The fourth-order valence-electron chi connectivity index (χ4n) is 3.99. The van der Waals surface area contributed by atoms with Gasteiger partial charge in [0.2, 0.25) is 11.9 Å². The highest BCUT2D eigenvalue weighted by atomic mass is 16.5. The Bertz CT molecular complexity index is 1310. The van der Waals surface area contributed by atoms with Gasteiger partial charge in [0, 0.05) is 19.0 Å². The van der Waals surface area contributed by atoms with Gasteiger partial charge in [-0.3, -0.25) is 4.79 Å². The molecule has 0 amide bonds. The zero-order valence-electron chi connectivity index (χ0n) is 18.7. The number of nitrogens with zero attached hydrogens (tertiary/aromatic N) is 2. The first kappa shape index (κ1) is 21.3. The van der Waals surface area contributed by atoms with Crippen molar-refractivity contribution in [3.8, 4) is 23.0 Å². The van der Waals surface area contributed by atoms with E-state index in [0.717, 1.165) is 27.4 Å². The Labute approximate surface area is 185 Å². The van der Waals surface area contributed by atoms with Gasteiger partial charge in [0.05, 0.1) is 50.2 Å². The van der Waals surface area contributed by atoms with Crippen LogP contribution in [0.5, 0.6) is 23.0 Å². The van der Waals surface area contributed by atoms with Crippen LogP contribution >= 0.6 is 0 Å². The maximum Gasteiger partial charge on any atom is 0.230 e. The summed E-state index contributed by atoms with van der Waals surface area (Å²) in [7, 11) is 6.42. The molecular weight excluding hydrogens is 410 g/mol. The second-order valence-corrected chi connectivity index (χ2v) is 7.12. The molecule has 1 heterocycles. The lowest BCUT2D eigenvalue weighted by Crippen LogP contribution is -2.12. The van der Waals surface area contributed by atoms with Crippen molar-refractivity contribution >= 4 is 33.7 Å². The lowest BCUT2D eigenvalue weighted by Gasteiger charge is -2.19. The van der Waals surface area contributed by atoms with E-state index in [-0.39, 0.29) is 5.91 Å². The number of hydrogen-bond donors (Lipinski definition) is 1. The molecule has 1 aromatic heterocycles. The number of hydrogen-bond acceptors (Lipinski definition) is 7. The molecule has 0 unspecified atom stereocenters. The summed E-state index contributed by atoms with van der Waals surface area (Å²) in [6.45, 7) is 1.85. The molecule has 0 aliphatic heterocycles. The van der Waals surface area contributed by atoms with Gasteiger partial charge in [0.1, 0.15) is 23.0 Å². The van der Waals surface area contributed by atoms with Crippen LogP contribution in [0.3, 0.4) is 0 Å². The number of anilines is 1. The molecule has 8 heteroatoms. The van der Waals surface area contributed by atoms with Crippen molar-refractivity contribution in [3.63, 3.8) is 0 Å². The van der Waals surface area contributed by atoms with Crippen LogP contribution in [0, 0.1) is 0 Å². The number of aromatic nitrogens is 2. The highest BCUT2D eigenvalue weighted by molar-refractivity contribution is 6.03. The molecule has 0 aliphatic carbocycles. The van der Waals surface area contributed by atoms with E-state index in [9.17, 15) is 4.79 Å². The molecule has 0 aliphatic rings. The number of nitrogens with one attached hydrogen (secondary N) is 1. The zero-order valence-corrected chi connectivity index (χ0v) is 18.7. The predicted octanol–water partition coefficient (Wildman–Crippen LogP) is 4.50. The highest BCUT2D eigenvalue weighted by Crippen LogP contribution is 2.46. The summed E-state index contributed by atoms with van der Waals surface area (Å²) in [5.41, 5.74) is 2.29.